The Morgan fingerprint density at radius 2 is 1.70 bits per heavy atom. The molecule has 5 nitrogen and oxygen atoms in total. The zero-order valence-electron chi connectivity index (χ0n) is 17.7. The van der Waals surface area contributed by atoms with E-state index in [4.69, 9.17) is 9.47 Å². The SMILES string of the molecule is CCOc1ccc(-c2csc(NC(=O)CCCOc3ccc(C(C)C)cc3)n2)cc1. The molecule has 1 aromatic heterocycles. The van der Waals surface area contributed by atoms with Crippen LogP contribution in [0.5, 0.6) is 11.5 Å². The number of nitrogens with one attached hydrogen (secondary N) is 1. The quantitative estimate of drug-likeness (QED) is 0.398. The number of nitrogens with zero attached hydrogens (tertiary/aromatic N) is 1. The average molecular weight is 425 g/mol. The van der Waals surface area contributed by atoms with Gasteiger partial charge in [-0.25, -0.2) is 4.98 Å². The Hall–Kier alpha value is -2.86. The molecule has 0 aliphatic carbocycles. The molecule has 0 spiro atoms. The molecule has 0 atom stereocenters. The van der Waals surface area contributed by atoms with Crippen LogP contribution in [0.4, 0.5) is 5.13 Å². The monoisotopic (exact) mass is 424 g/mol. The van der Waals surface area contributed by atoms with Gasteiger partial charge in [0.25, 0.3) is 0 Å². The predicted molar refractivity (Wildman–Crippen MR) is 123 cm³/mol. The lowest BCUT2D eigenvalue weighted by Gasteiger charge is -2.08. The van der Waals surface area contributed by atoms with Gasteiger partial charge in [0.15, 0.2) is 5.13 Å². The number of ether oxygens (including phenoxy) is 2. The van der Waals surface area contributed by atoms with E-state index in [2.05, 4.69) is 36.3 Å². The summed E-state index contributed by atoms with van der Waals surface area (Å²) in [5.74, 6) is 2.12. The van der Waals surface area contributed by atoms with Gasteiger partial charge in [0, 0.05) is 17.4 Å². The van der Waals surface area contributed by atoms with Crippen molar-refractivity contribution in [2.24, 2.45) is 0 Å². The van der Waals surface area contributed by atoms with Gasteiger partial charge >= 0.3 is 0 Å². The second kappa shape index (κ2) is 10.8. The molecule has 3 rings (SSSR count). The van der Waals surface area contributed by atoms with E-state index in [1.807, 2.05) is 48.7 Å². The van der Waals surface area contributed by atoms with Crippen LogP contribution >= 0.6 is 11.3 Å². The number of benzene rings is 2. The highest BCUT2D eigenvalue weighted by atomic mass is 32.1. The Labute approximate surface area is 182 Å². The van der Waals surface area contributed by atoms with E-state index < -0.39 is 0 Å². The van der Waals surface area contributed by atoms with Crippen LogP contribution in [-0.4, -0.2) is 24.1 Å². The maximum Gasteiger partial charge on any atom is 0.226 e. The number of aromatic nitrogens is 1. The Morgan fingerprint density at radius 1 is 1.03 bits per heavy atom. The lowest BCUT2D eigenvalue weighted by Crippen LogP contribution is -2.12. The Morgan fingerprint density at radius 3 is 2.37 bits per heavy atom. The van der Waals surface area contributed by atoms with Crippen molar-refractivity contribution in [2.45, 2.75) is 39.5 Å². The Bertz CT molecular complexity index is 934. The first kappa shape index (κ1) is 21.8. The van der Waals surface area contributed by atoms with Gasteiger partial charge in [-0.05, 0) is 61.2 Å². The lowest BCUT2D eigenvalue weighted by atomic mass is 10.0. The summed E-state index contributed by atoms with van der Waals surface area (Å²) in [6, 6.07) is 15.9. The molecule has 0 unspecified atom stereocenters. The first-order chi connectivity index (χ1) is 14.5. The first-order valence-electron chi connectivity index (χ1n) is 10.3. The fourth-order valence-corrected chi connectivity index (χ4v) is 3.64. The zero-order chi connectivity index (χ0) is 21.3. The maximum atomic E-state index is 12.2. The summed E-state index contributed by atoms with van der Waals surface area (Å²) >= 11 is 1.42. The highest BCUT2D eigenvalue weighted by Gasteiger charge is 2.09. The van der Waals surface area contributed by atoms with Crippen molar-refractivity contribution in [1.29, 1.82) is 0 Å². The van der Waals surface area contributed by atoms with Crippen LogP contribution < -0.4 is 14.8 Å². The molecule has 0 saturated carbocycles. The summed E-state index contributed by atoms with van der Waals surface area (Å²) in [6.45, 7) is 7.43. The minimum Gasteiger partial charge on any atom is -0.494 e. The van der Waals surface area contributed by atoms with Crippen molar-refractivity contribution < 1.29 is 14.3 Å². The second-order valence-corrected chi connectivity index (χ2v) is 8.08. The molecule has 0 aliphatic rings. The summed E-state index contributed by atoms with van der Waals surface area (Å²) in [5, 5.41) is 5.42. The number of amides is 1. The van der Waals surface area contributed by atoms with Crippen molar-refractivity contribution in [3.8, 4) is 22.8 Å². The topological polar surface area (TPSA) is 60.5 Å². The van der Waals surface area contributed by atoms with Crippen molar-refractivity contribution >= 4 is 22.4 Å². The zero-order valence-corrected chi connectivity index (χ0v) is 18.5. The van der Waals surface area contributed by atoms with E-state index in [0.717, 1.165) is 22.8 Å². The highest BCUT2D eigenvalue weighted by Crippen LogP contribution is 2.26. The van der Waals surface area contributed by atoms with E-state index in [1.165, 1.54) is 16.9 Å². The molecular formula is C24H28N2O3S. The van der Waals surface area contributed by atoms with Crippen LogP contribution in [0.2, 0.25) is 0 Å². The number of thiazole rings is 1. The molecule has 0 aliphatic heterocycles. The Kier molecular flexibility index (Phi) is 7.85. The first-order valence-corrected chi connectivity index (χ1v) is 11.1. The number of carbonyl (C=O) groups excluding carboxylic acids is 1. The fraction of sp³-hybridized carbons (Fsp3) is 0.333. The van der Waals surface area contributed by atoms with Crippen LogP contribution in [0.25, 0.3) is 11.3 Å². The molecular weight excluding hydrogens is 396 g/mol. The van der Waals surface area contributed by atoms with Crippen LogP contribution in [0.1, 0.15) is 45.1 Å². The molecule has 158 valence electrons. The van der Waals surface area contributed by atoms with Gasteiger partial charge in [-0.1, -0.05) is 26.0 Å². The summed E-state index contributed by atoms with van der Waals surface area (Å²) in [5.41, 5.74) is 3.12. The van der Waals surface area contributed by atoms with Crippen molar-refractivity contribution in [1.82, 2.24) is 4.98 Å². The molecule has 1 heterocycles. The summed E-state index contributed by atoms with van der Waals surface area (Å²) < 4.78 is 11.2. The molecule has 0 fully saturated rings. The number of carbonyl (C=O) groups is 1. The Balaban J connectivity index is 1.42. The summed E-state index contributed by atoms with van der Waals surface area (Å²) in [7, 11) is 0. The van der Waals surface area contributed by atoms with E-state index in [1.54, 1.807) is 0 Å². The smallest absolute Gasteiger partial charge is 0.226 e. The van der Waals surface area contributed by atoms with Crippen molar-refractivity contribution in [2.75, 3.05) is 18.5 Å². The highest BCUT2D eigenvalue weighted by molar-refractivity contribution is 7.14. The van der Waals surface area contributed by atoms with E-state index in [0.29, 0.717) is 37.1 Å². The standard InChI is InChI=1S/C24H28N2O3S/c1-4-28-20-13-9-19(10-14-20)22-16-30-24(25-22)26-23(27)6-5-15-29-21-11-7-18(8-12-21)17(2)3/h7-14,16-17H,4-6,15H2,1-3H3,(H,25,26,27). The van der Waals surface area contributed by atoms with E-state index in [-0.39, 0.29) is 5.91 Å². The third kappa shape index (κ3) is 6.32. The van der Waals surface area contributed by atoms with E-state index in [9.17, 15) is 4.79 Å². The van der Waals surface area contributed by atoms with Gasteiger partial charge in [-0.2, -0.15) is 0 Å². The van der Waals surface area contributed by atoms with Gasteiger partial charge in [0.1, 0.15) is 11.5 Å². The number of hydrogen-bond donors (Lipinski definition) is 1. The molecule has 0 bridgehead atoms. The molecule has 0 saturated heterocycles. The van der Waals surface area contributed by atoms with Gasteiger partial charge in [0.05, 0.1) is 18.9 Å². The molecule has 2 aromatic carbocycles. The number of rotatable bonds is 10. The minimum absolute atomic E-state index is 0.0543. The van der Waals surface area contributed by atoms with Gasteiger partial charge in [-0.15, -0.1) is 11.3 Å². The molecule has 3 aromatic rings. The molecule has 0 radical (unpaired) electrons. The van der Waals surface area contributed by atoms with Crippen molar-refractivity contribution in [3.05, 3.63) is 59.5 Å². The van der Waals surface area contributed by atoms with Crippen LogP contribution in [-0.2, 0) is 4.79 Å². The largest absolute Gasteiger partial charge is 0.494 e. The number of anilines is 1. The third-order valence-corrected chi connectivity index (χ3v) is 5.33. The van der Waals surface area contributed by atoms with Gasteiger partial charge < -0.3 is 14.8 Å². The third-order valence-electron chi connectivity index (χ3n) is 4.58. The van der Waals surface area contributed by atoms with E-state index >= 15 is 0 Å². The van der Waals surface area contributed by atoms with Gasteiger partial charge in [0.2, 0.25) is 5.91 Å². The van der Waals surface area contributed by atoms with Crippen LogP contribution in [0.15, 0.2) is 53.9 Å². The molecule has 30 heavy (non-hydrogen) atoms. The molecule has 1 N–H and O–H groups in total. The number of hydrogen-bond acceptors (Lipinski definition) is 5. The predicted octanol–water partition coefficient (Wildman–Crippen LogP) is 6.13. The molecule has 6 heteroatoms. The normalized spacial score (nSPS) is 10.8. The molecule has 1 amide bonds. The summed E-state index contributed by atoms with van der Waals surface area (Å²) in [6.07, 6.45) is 1.04. The summed E-state index contributed by atoms with van der Waals surface area (Å²) in [4.78, 5) is 16.7. The van der Waals surface area contributed by atoms with Crippen LogP contribution in [0, 0.1) is 0 Å². The minimum atomic E-state index is -0.0543. The van der Waals surface area contributed by atoms with Crippen molar-refractivity contribution in [3.63, 3.8) is 0 Å². The van der Waals surface area contributed by atoms with Gasteiger partial charge in [-0.3, -0.25) is 4.79 Å². The average Bonchev–Trinajstić information content (AvgIpc) is 3.21. The van der Waals surface area contributed by atoms with Crippen LogP contribution in [0.3, 0.4) is 0 Å². The lowest BCUT2D eigenvalue weighted by molar-refractivity contribution is -0.116. The second-order valence-electron chi connectivity index (χ2n) is 7.22. The fourth-order valence-electron chi connectivity index (χ4n) is 2.91. The maximum absolute atomic E-state index is 12.2.